The summed E-state index contributed by atoms with van der Waals surface area (Å²) in [6, 6.07) is -0.272. The normalized spacial score (nSPS) is 19.5. The number of hydrogen-bond acceptors (Lipinski definition) is 3. The van der Waals surface area contributed by atoms with Crippen molar-refractivity contribution in [2.24, 2.45) is 11.7 Å². The highest BCUT2D eigenvalue weighted by atomic mass is 16.4. The van der Waals surface area contributed by atoms with Crippen molar-refractivity contribution in [2.45, 2.75) is 45.1 Å². The molecule has 0 aromatic heterocycles. The lowest BCUT2D eigenvalue weighted by Crippen LogP contribution is -2.53. The largest absolute Gasteiger partial charge is 0.481 e. The van der Waals surface area contributed by atoms with Gasteiger partial charge in [0.2, 0.25) is 5.91 Å². The Morgan fingerprint density at radius 3 is 2.60 bits per heavy atom. The van der Waals surface area contributed by atoms with Gasteiger partial charge in [-0.1, -0.05) is 0 Å². The first-order valence-electron chi connectivity index (χ1n) is 6.79. The summed E-state index contributed by atoms with van der Waals surface area (Å²) in [5, 5.41) is 11.5. The average Bonchev–Trinajstić information content (AvgIpc) is 2.36. The zero-order chi connectivity index (χ0) is 15.3. The Hall–Kier alpha value is -1.79. The van der Waals surface area contributed by atoms with Crippen LogP contribution in [-0.2, 0) is 9.59 Å². The van der Waals surface area contributed by atoms with Crippen LogP contribution in [0.15, 0.2) is 0 Å². The van der Waals surface area contributed by atoms with Gasteiger partial charge in [-0.2, -0.15) is 0 Å². The zero-order valence-electron chi connectivity index (χ0n) is 12.0. The predicted molar refractivity (Wildman–Crippen MR) is 73.0 cm³/mol. The first-order valence-corrected chi connectivity index (χ1v) is 6.79. The molecule has 7 heteroatoms. The van der Waals surface area contributed by atoms with Crippen molar-refractivity contribution in [1.82, 2.24) is 10.2 Å². The first-order chi connectivity index (χ1) is 9.21. The Bertz CT molecular complexity index is 395. The van der Waals surface area contributed by atoms with E-state index in [1.807, 2.05) is 0 Å². The Balaban J connectivity index is 2.52. The van der Waals surface area contributed by atoms with Gasteiger partial charge in [0.1, 0.15) is 0 Å². The monoisotopic (exact) mass is 285 g/mol. The molecular formula is C13H23N3O4. The van der Waals surface area contributed by atoms with Crippen LogP contribution in [0, 0.1) is 5.92 Å². The summed E-state index contributed by atoms with van der Waals surface area (Å²) in [4.78, 5) is 35.5. The van der Waals surface area contributed by atoms with Crippen molar-refractivity contribution in [3.63, 3.8) is 0 Å². The summed E-state index contributed by atoms with van der Waals surface area (Å²) in [5.41, 5.74) is 4.67. The highest BCUT2D eigenvalue weighted by Gasteiger charge is 2.30. The number of carboxylic acid groups (broad SMARTS) is 1. The van der Waals surface area contributed by atoms with Gasteiger partial charge < -0.3 is 21.1 Å². The lowest BCUT2D eigenvalue weighted by Gasteiger charge is -2.35. The number of primary amides is 1. The number of carboxylic acids is 1. The third-order valence-corrected chi connectivity index (χ3v) is 3.52. The van der Waals surface area contributed by atoms with Crippen molar-refractivity contribution in [3.8, 4) is 0 Å². The van der Waals surface area contributed by atoms with E-state index in [4.69, 9.17) is 10.8 Å². The fourth-order valence-corrected chi connectivity index (χ4v) is 2.24. The Labute approximate surface area is 118 Å². The van der Waals surface area contributed by atoms with Crippen LogP contribution >= 0.6 is 0 Å². The number of hydrogen-bond donors (Lipinski definition) is 3. The van der Waals surface area contributed by atoms with Gasteiger partial charge in [-0.3, -0.25) is 9.59 Å². The van der Waals surface area contributed by atoms with E-state index in [1.165, 1.54) is 0 Å². The smallest absolute Gasteiger partial charge is 0.317 e. The molecular weight excluding hydrogens is 262 g/mol. The summed E-state index contributed by atoms with van der Waals surface area (Å²) in [6.07, 6.45) is 1.80. The fourth-order valence-electron chi connectivity index (χ4n) is 2.24. The molecule has 20 heavy (non-hydrogen) atoms. The topological polar surface area (TPSA) is 113 Å². The van der Waals surface area contributed by atoms with E-state index in [2.05, 4.69) is 5.32 Å². The van der Waals surface area contributed by atoms with Crippen LogP contribution in [-0.4, -0.2) is 46.5 Å². The van der Waals surface area contributed by atoms with E-state index in [9.17, 15) is 14.4 Å². The van der Waals surface area contributed by atoms with E-state index in [1.54, 1.807) is 18.7 Å². The van der Waals surface area contributed by atoms with Crippen molar-refractivity contribution in [2.75, 3.05) is 13.1 Å². The quantitative estimate of drug-likeness (QED) is 0.684. The highest BCUT2D eigenvalue weighted by molar-refractivity contribution is 5.79. The number of aliphatic carboxylic acids is 1. The lowest BCUT2D eigenvalue weighted by molar-refractivity contribution is -0.137. The molecule has 0 aromatic rings. The van der Waals surface area contributed by atoms with Crippen LogP contribution in [0.4, 0.5) is 4.79 Å². The molecule has 1 fully saturated rings. The molecule has 0 saturated carbocycles. The van der Waals surface area contributed by atoms with Gasteiger partial charge in [-0.25, -0.2) is 4.79 Å². The minimum atomic E-state index is -0.890. The van der Waals surface area contributed by atoms with Crippen LogP contribution in [0.2, 0.25) is 0 Å². The molecule has 0 radical (unpaired) electrons. The molecule has 1 aliphatic heterocycles. The molecule has 3 amide bonds. The molecule has 1 aliphatic rings. The van der Waals surface area contributed by atoms with Crippen LogP contribution in [0.5, 0.6) is 0 Å². The number of nitrogens with zero attached hydrogens (tertiary/aromatic N) is 1. The van der Waals surface area contributed by atoms with E-state index in [0.29, 0.717) is 25.9 Å². The van der Waals surface area contributed by atoms with E-state index >= 15 is 0 Å². The average molecular weight is 285 g/mol. The Morgan fingerprint density at radius 1 is 1.40 bits per heavy atom. The maximum atomic E-state index is 12.1. The van der Waals surface area contributed by atoms with Gasteiger partial charge in [0, 0.05) is 25.0 Å². The van der Waals surface area contributed by atoms with Crippen molar-refractivity contribution < 1.29 is 19.5 Å². The van der Waals surface area contributed by atoms with Gasteiger partial charge in [0.05, 0.1) is 5.92 Å². The molecule has 1 rings (SSSR count). The maximum Gasteiger partial charge on any atom is 0.317 e. The predicted octanol–water partition coefficient (Wildman–Crippen LogP) is 0.537. The fraction of sp³-hybridized carbons (Fsp3) is 0.769. The third-order valence-electron chi connectivity index (χ3n) is 3.52. The molecule has 1 atom stereocenters. The number of urea groups is 1. The summed E-state index contributed by atoms with van der Waals surface area (Å²) in [6.45, 7) is 4.48. The number of carbonyl (C=O) groups excluding carboxylic acids is 2. The molecule has 7 nitrogen and oxygen atoms in total. The second kappa shape index (κ2) is 6.58. The minimum Gasteiger partial charge on any atom is -0.481 e. The summed E-state index contributed by atoms with van der Waals surface area (Å²) < 4.78 is 0. The standard InChI is InChI=1S/C13H23N3O4/c1-13(2,6-5-10(17)18)15-12(20)16-7-3-4-9(8-16)11(14)19/h9H,3-8H2,1-2H3,(H2,14,19)(H,15,20)(H,17,18). The number of carbonyl (C=O) groups is 3. The van der Waals surface area contributed by atoms with Crippen molar-refractivity contribution in [3.05, 3.63) is 0 Å². The molecule has 1 heterocycles. The van der Waals surface area contributed by atoms with Gasteiger partial charge in [0.25, 0.3) is 0 Å². The van der Waals surface area contributed by atoms with E-state index in [-0.39, 0.29) is 24.3 Å². The van der Waals surface area contributed by atoms with E-state index < -0.39 is 11.5 Å². The second-order valence-electron chi connectivity index (χ2n) is 5.90. The van der Waals surface area contributed by atoms with Crippen LogP contribution in [0.3, 0.4) is 0 Å². The number of amides is 3. The number of likely N-dealkylation sites (tertiary alicyclic amines) is 1. The number of piperidine rings is 1. The van der Waals surface area contributed by atoms with E-state index in [0.717, 1.165) is 6.42 Å². The number of nitrogens with one attached hydrogen (secondary N) is 1. The summed E-state index contributed by atoms with van der Waals surface area (Å²) in [7, 11) is 0. The molecule has 0 bridgehead atoms. The van der Waals surface area contributed by atoms with Gasteiger partial charge in [0.15, 0.2) is 0 Å². The van der Waals surface area contributed by atoms with Crippen LogP contribution < -0.4 is 11.1 Å². The Kier molecular flexibility index (Phi) is 5.35. The maximum absolute atomic E-state index is 12.1. The third kappa shape index (κ3) is 5.07. The molecule has 0 aromatic carbocycles. The molecule has 114 valence electrons. The lowest BCUT2D eigenvalue weighted by atomic mass is 9.97. The number of nitrogens with two attached hydrogens (primary N) is 1. The minimum absolute atomic E-state index is 0.00279. The highest BCUT2D eigenvalue weighted by Crippen LogP contribution is 2.18. The van der Waals surface area contributed by atoms with Crippen molar-refractivity contribution in [1.29, 1.82) is 0 Å². The number of rotatable bonds is 5. The SMILES string of the molecule is CC(C)(CCC(=O)O)NC(=O)N1CCCC(C(N)=O)C1. The molecule has 0 spiro atoms. The van der Waals surface area contributed by atoms with Gasteiger partial charge >= 0.3 is 12.0 Å². The van der Waals surface area contributed by atoms with Crippen molar-refractivity contribution >= 4 is 17.9 Å². The molecule has 1 unspecified atom stereocenters. The van der Waals surface area contributed by atoms with Crippen LogP contribution in [0.1, 0.15) is 39.5 Å². The summed E-state index contributed by atoms with van der Waals surface area (Å²) >= 11 is 0. The summed E-state index contributed by atoms with van der Waals surface area (Å²) in [5.74, 6) is -1.57. The first kappa shape index (κ1) is 16.3. The Morgan fingerprint density at radius 2 is 2.05 bits per heavy atom. The second-order valence-corrected chi connectivity index (χ2v) is 5.90. The zero-order valence-corrected chi connectivity index (χ0v) is 12.0. The molecule has 4 N–H and O–H groups in total. The molecule has 0 aliphatic carbocycles. The van der Waals surface area contributed by atoms with Crippen LogP contribution in [0.25, 0.3) is 0 Å². The van der Waals surface area contributed by atoms with Gasteiger partial charge in [-0.15, -0.1) is 0 Å². The van der Waals surface area contributed by atoms with Gasteiger partial charge in [-0.05, 0) is 33.1 Å². The molecule has 1 saturated heterocycles.